The number of Topliss-reactive ketones (excluding diaryl/α,β-unsaturated/α-hetero) is 2. The van der Waals surface area contributed by atoms with E-state index in [-0.39, 0.29) is 43.7 Å². The molecule has 0 unspecified atom stereocenters. The van der Waals surface area contributed by atoms with Gasteiger partial charge in [-0.15, -0.1) is 0 Å². The van der Waals surface area contributed by atoms with Crippen molar-refractivity contribution in [2.75, 3.05) is 34.0 Å². The molecule has 1 fully saturated rings. The maximum absolute atomic E-state index is 11.5. The monoisotopic (exact) mass is 402 g/mol. The van der Waals surface area contributed by atoms with Crippen molar-refractivity contribution < 1.29 is 34.4 Å². The predicted molar refractivity (Wildman–Crippen MR) is 101 cm³/mol. The van der Waals surface area contributed by atoms with Crippen LogP contribution in [-0.4, -0.2) is 60.9 Å². The van der Waals surface area contributed by atoms with Crippen molar-refractivity contribution in [1.29, 1.82) is 0 Å². The van der Waals surface area contributed by atoms with Gasteiger partial charge in [0.25, 0.3) is 0 Å². The number of carbonyl (C=O) groups is 2. The first-order valence-electron chi connectivity index (χ1n) is 8.51. The van der Waals surface area contributed by atoms with Crippen LogP contribution in [0.5, 0.6) is 11.5 Å². The van der Waals surface area contributed by atoms with E-state index in [4.69, 9.17) is 36.4 Å². The lowest BCUT2D eigenvalue weighted by atomic mass is 9.82. The van der Waals surface area contributed by atoms with Gasteiger partial charge in [-0.25, -0.2) is 0 Å². The molecule has 0 amide bonds. The van der Waals surface area contributed by atoms with Gasteiger partial charge in [0.2, 0.25) is 0 Å². The number of benzene rings is 1. The number of ketones is 2. The molecule has 1 aliphatic carbocycles. The van der Waals surface area contributed by atoms with Crippen molar-refractivity contribution >= 4 is 23.2 Å². The van der Waals surface area contributed by atoms with Crippen LogP contribution in [0.25, 0.3) is 0 Å². The molecule has 2 rings (SSSR count). The summed E-state index contributed by atoms with van der Waals surface area (Å²) in [5, 5.41) is 25.8. The van der Waals surface area contributed by atoms with E-state index in [1.165, 1.54) is 14.2 Å². The highest BCUT2D eigenvalue weighted by Gasteiger charge is 2.29. The number of aliphatic hydroxyl groups excluding tert-OH is 3. The van der Waals surface area contributed by atoms with Crippen molar-refractivity contribution in [2.45, 2.75) is 32.1 Å². The number of hydrogen-bond donors (Lipinski definition) is 3. The van der Waals surface area contributed by atoms with Crippen LogP contribution in [0.15, 0.2) is 12.1 Å². The molecular weight excluding hydrogens is 376 g/mol. The zero-order valence-electron chi connectivity index (χ0n) is 15.8. The second-order valence-electron chi connectivity index (χ2n) is 6.85. The Labute approximate surface area is 163 Å². The number of aliphatic hydroxyl groups is 3. The van der Waals surface area contributed by atoms with Crippen molar-refractivity contribution in [3.8, 4) is 11.5 Å². The van der Waals surface area contributed by atoms with Gasteiger partial charge in [0.05, 0.1) is 45.5 Å². The first-order chi connectivity index (χ1) is 12.7. The van der Waals surface area contributed by atoms with Crippen LogP contribution in [0.4, 0.5) is 0 Å². The molecule has 27 heavy (non-hydrogen) atoms. The smallest absolute Gasteiger partial charge is 0.179 e. The Morgan fingerprint density at radius 2 is 1.56 bits per heavy atom. The van der Waals surface area contributed by atoms with Crippen LogP contribution in [-0.2, 0) is 9.59 Å². The molecular formula is C19H27ClO7. The minimum Gasteiger partial charge on any atom is -0.493 e. The lowest BCUT2D eigenvalue weighted by Crippen LogP contribution is -2.29. The largest absolute Gasteiger partial charge is 0.493 e. The number of rotatable bonds is 6. The predicted octanol–water partition coefficient (Wildman–Crippen LogP) is 1.73. The standard InChI is InChI=1S/C14H15ClO4.C5H12O3/c1-18-12-4-3-11(13(15)14(12)19-2)8-5-9(16)7-10(17)6-8;1-5(2-6,3-7)4-8/h3-4,8H,5-7H2,1-2H3;6-8H,2-4H2,1H3. The molecule has 7 nitrogen and oxygen atoms in total. The average Bonchev–Trinajstić information content (AvgIpc) is 2.66. The summed E-state index contributed by atoms with van der Waals surface area (Å²) in [6, 6.07) is 3.53. The van der Waals surface area contributed by atoms with Gasteiger partial charge in [0.15, 0.2) is 11.5 Å². The average molecular weight is 403 g/mol. The highest BCUT2D eigenvalue weighted by Crippen LogP contribution is 2.42. The Morgan fingerprint density at radius 1 is 1.04 bits per heavy atom. The Bertz CT molecular complexity index is 631. The molecule has 0 atom stereocenters. The summed E-state index contributed by atoms with van der Waals surface area (Å²) in [5.41, 5.74) is 0.0562. The number of hydrogen-bond acceptors (Lipinski definition) is 7. The maximum Gasteiger partial charge on any atom is 0.179 e. The number of halogens is 1. The Kier molecular flexibility index (Phi) is 9.18. The van der Waals surface area contributed by atoms with E-state index in [1.54, 1.807) is 19.1 Å². The van der Waals surface area contributed by atoms with Crippen LogP contribution in [0.2, 0.25) is 5.02 Å². The Morgan fingerprint density at radius 3 is 1.93 bits per heavy atom. The summed E-state index contributed by atoms with van der Waals surface area (Å²) in [5.74, 6) is 0.733. The summed E-state index contributed by atoms with van der Waals surface area (Å²) >= 11 is 6.29. The van der Waals surface area contributed by atoms with E-state index in [2.05, 4.69) is 0 Å². The van der Waals surface area contributed by atoms with Gasteiger partial charge < -0.3 is 24.8 Å². The van der Waals surface area contributed by atoms with E-state index in [0.29, 0.717) is 29.4 Å². The normalized spacial score (nSPS) is 15.2. The Balaban J connectivity index is 0.000000387. The summed E-state index contributed by atoms with van der Waals surface area (Å²) < 4.78 is 10.4. The molecule has 0 heterocycles. The fourth-order valence-electron chi connectivity index (χ4n) is 2.58. The van der Waals surface area contributed by atoms with Gasteiger partial charge in [-0.2, -0.15) is 0 Å². The molecule has 0 saturated heterocycles. The topological polar surface area (TPSA) is 113 Å². The van der Waals surface area contributed by atoms with Crippen molar-refractivity contribution in [3.05, 3.63) is 22.7 Å². The first-order valence-corrected chi connectivity index (χ1v) is 8.89. The van der Waals surface area contributed by atoms with Crippen LogP contribution in [0, 0.1) is 5.41 Å². The van der Waals surface area contributed by atoms with Gasteiger partial charge in [-0.1, -0.05) is 24.6 Å². The molecule has 0 radical (unpaired) electrons. The minimum absolute atomic E-state index is 0.0351. The molecule has 8 heteroatoms. The van der Waals surface area contributed by atoms with E-state index >= 15 is 0 Å². The van der Waals surface area contributed by atoms with Crippen LogP contribution in [0.3, 0.4) is 0 Å². The van der Waals surface area contributed by atoms with Gasteiger partial charge in [-0.3, -0.25) is 9.59 Å². The van der Waals surface area contributed by atoms with Crippen LogP contribution in [0.1, 0.15) is 37.7 Å². The van der Waals surface area contributed by atoms with Gasteiger partial charge in [0.1, 0.15) is 11.6 Å². The molecule has 1 aromatic rings. The molecule has 0 aliphatic heterocycles. The second-order valence-corrected chi connectivity index (χ2v) is 7.23. The third-order valence-corrected chi connectivity index (χ3v) is 4.83. The lowest BCUT2D eigenvalue weighted by Gasteiger charge is -2.22. The summed E-state index contributed by atoms with van der Waals surface area (Å²) in [4.78, 5) is 23.1. The van der Waals surface area contributed by atoms with Crippen molar-refractivity contribution in [2.24, 2.45) is 5.41 Å². The fraction of sp³-hybridized carbons (Fsp3) is 0.579. The third kappa shape index (κ3) is 6.17. The lowest BCUT2D eigenvalue weighted by molar-refractivity contribution is -0.130. The second kappa shape index (κ2) is 10.6. The van der Waals surface area contributed by atoms with Crippen molar-refractivity contribution in [1.82, 2.24) is 0 Å². The van der Waals surface area contributed by atoms with Gasteiger partial charge in [-0.05, 0) is 17.5 Å². The zero-order chi connectivity index (χ0) is 20.6. The SMILES string of the molecule is CC(CO)(CO)CO.COc1ccc(C2CC(=O)CC(=O)C2)c(Cl)c1OC. The number of ether oxygens (including phenoxy) is 2. The highest BCUT2D eigenvalue weighted by molar-refractivity contribution is 6.33. The highest BCUT2D eigenvalue weighted by atomic mass is 35.5. The van der Waals surface area contributed by atoms with Crippen LogP contribution >= 0.6 is 11.6 Å². The first kappa shape index (κ1) is 23.4. The van der Waals surface area contributed by atoms with Gasteiger partial charge >= 0.3 is 0 Å². The number of methoxy groups -OCH3 is 2. The molecule has 1 saturated carbocycles. The van der Waals surface area contributed by atoms with E-state index in [9.17, 15) is 9.59 Å². The quantitative estimate of drug-likeness (QED) is 0.621. The van der Waals surface area contributed by atoms with E-state index < -0.39 is 5.41 Å². The molecule has 0 spiro atoms. The van der Waals surface area contributed by atoms with E-state index in [1.807, 2.05) is 0 Å². The molecule has 3 N–H and O–H groups in total. The van der Waals surface area contributed by atoms with Crippen molar-refractivity contribution in [3.63, 3.8) is 0 Å². The Hall–Kier alpha value is -1.67. The molecule has 1 aliphatic rings. The molecule has 152 valence electrons. The summed E-state index contributed by atoms with van der Waals surface area (Å²) in [6.07, 6.45) is 0.739. The summed E-state index contributed by atoms with van der Waals surface area (Å²) in [7, 11) is 3.03. The zero-order valence-corrected chi connectivity index (χ0v) is 16.6. The minimum atomic E-state index is -0.708. The van der Waals surface area contributed by atoms with Gasteiger partial charge in [0, 0.05) is 18.3 Å². The molecule has 1 aromatic carbocycles. The molecule has 0 aromatic heterocycles. The maximum atomic E-state index is 11.5. The fourth-order valence-corrected chi connectivity index (χ4v) is 2.96. The van der Waals surface area contributed by atoms with E-state index in [0.717, 1.165) is 5.56 Å². The third-order valence-electron chi connectivity index (χ3n) is 4.44. The number of carbonyl (C=O) groups excluding carboxylic acids is 2. The summed E-state index contributed by atoms with van der Waals surface area (Å²) in [6.45, 7) is 1.06. The van der Waals surface area contributed by atoms with Crippen LogP contribution < -0.4 is 9.47 Å². The molecule has 0 bridgehead atoms.